The average Bonchev–Trinajstić information content (AvgIpc) is 2.93. The minimum Gasteiger partial charge on any atom is -0.371 e. The van der Waals surface area contributed by atoms with Crippen molar-refractivity contribution in [3.05, 3.63) is 59.7 Å². The predicted octanol–water partition coefficient (Wildman–Crippen LogP) is 4.34. The number of benzene rings is 2. The van der Waals surface area contributed by atoms with E-state index in [1.54, 1.807) is 0 Å². The van der Waals surface area contributed by atoms with Crippen molar-refractivity contribution in [3.63, 3.8) is 0 Å². The molecule has 8 heteroatoms. The SMILES string of the molecule is CC.CCCCc1ccc(N2CCN(S(=O)(=O)C3(C(N)=O)CCN(c4ccc(C)cc4)CC3)CC2)cc1. The van der Waals surface area contributed by atoms with Crippen LogP contribution in [0, 0.1) is 6.92 Å². The highest BCUT2D eigenvalue weighted by Gasteiger charge is 2.54. The van der Waals surface area contributed by atoms with E-state index in [4.69, 9.17) is 5.73 Å². The smallest absolute Gasteiger partial charge is 0.240 e. The predicted molar refractivity (Wildman–Crippen MR) is 154 cm³/mol. The van der Waals surface area contributed by atoms with E-state index in [-0.39, 0.29) is 12.8 Å². The van der Waals surface area contributed by atoms with Gasteiger partial charge < -0.3 is 15.5 Å². The third-order valence-corrected chi connectivity index (χ3v) is 10.3. The van der Waals surface area contributed by atoms with Gasteiger partial charge in [0.1, 0.15) is 0 Å². The number of carbonyl (C=O) groups excluding carboxylic acids is 1. The van der Waals surface area contributed by atoms with Crippen molar-refractivity contribution in [2.45, 2.75) is 64.5 Å². The molecular weight excluding hydrogens is 484 g/mol. The number of sulfonamides is 1. The van der Waals surface area contributed by atoms with Crippen LogP contribution >= 0.6 is 0 Å². The van der Waals surface area contributed by atoms with Gasteiger partial charge >= 0.3 is 0 Å². The fourth-order valence-corrected chi connectivity index (χ4v) is 7.29. The number of unbranched alkanes of at least 4 members (excludes halogenated alkanes) is 1. The number of hydrogen-bond donors (Lipinski definition) is 1. The first kappa shape index (κ1) is 29.0. The number of hydrogen-bond acceptors (Lipinski definition) is 5. The van der Waals surface area contributed by atoms with Crippen LogP contribution < -0.4 is 15.5 Å². The second kappa shape index (κ2) is 12.8. The second-order valence-electron chi connectivity index (χ2n) is 9.84. The molecule has 0 saturated carbocycles. The molecule has 0 aromatic heterocycles. The first-order valence-electron chi connectivity index (χ1n) is 13.7. The normalized spacial score (nSPS) is 18.2. The lowest BCUT2D eigenvalue weighted by molar-refractivity contribution is -0.121. The molecular formula is C29H44N4O3S. The van der Waals surface area contributed by atoms with Gasteiger partial charge in [-0.25, -0.2) is 8.42 Å². The Morgan fingerprint density at radius 1 is 0.838 bits per heavy atom. The highest BCUT2D eigenvalue weighted by molar-refractivity contribution is 7.91. The van der Waals surface area contributed by atoms with Gasteiger partial charge in [-0.2, -0.15) is 4.31 Å². The molecule has 0 aliphatic carbocycles. The molecule has 4 rings (SSSR count). The number of primary amides is 1. The Balaban J connectivity index is 0.00000186. The summed E-state index contributed by atoms with van der Waals surface area (Å²) in [5, 5.41) is 0. The van der Waals surface area contributed by atoms with E-state index in [1.165, 1.54) is 28.3 Å². The summed E-state index contributed by atoms with van der Waals surface area (Å²) in [4.78, 5) is 17.0. The van der Waals surface area contributed by atoms with E-state index in [9.17, 15) is 13.2 Å². The van der Waals surface area contributed by atoms with Gasteiger partial charge in [0.05, 0.1) is 0 Å². The van der Waals surface area contributed by atoms with Crippen LogP contribution in [0.3, 0.4) is 0 Å². The monoisotopic (exact) mass is 528 g/mol. The summed E-state index contributed by atoms with van der Waals surface area (Å²) in [6.45, 7) is 11.1. The molecule has 2 fully saturated rings. The van der Waals surface area contributed by atoms with Crippen molar-refractivity contribution < 1.29 is 13.2 Å². The Morgan fingerprint density at radius 2 is 1.32 bits per heavy atom. The summed E-state index contributed by atoms with van der Waals surface area (Å²) in [5.41, 5.74) is 10.4. The van der Waals surface area contributed by atoms with E-state index in [0.29, 0.717) is 39.3 Å². The standard InChI is InChI=1S/C27H38N4O3S.C2H6/c1-3-4-5-23-8-12-25(13-9-23)30-18-20-31(21-19-30)35(33,34)27(26(28)32)14-16-29(17-15-27)24-10-6-22(2)7-11-24;1-2/h6-13H,3-5,14-21H2,1-2H3,(H2,28,32);1-2H3. The maximum atomic E-state index is 13.8. The zero-order valence-electron chi connectivity index (χ0n) is 22.9. The van der Waals surface area contributed by atoms with E-state index >= 15 is 0 Å². The third-order valence-electron chi connectivity index (χ3n) is 7.61. The van der Waals surface area contributed by atoms with Crippen molar-refractivity contribution >= 4 is 27.3 Å². The molecule has 7 nitrogen and oxygen atoms in total. The highest BCUT2D eigenvalue weighted by atomic mass is 32.2. The molecule has 2 saturated heterocycles. The summed E-state index contributed by atoms with van der Waals surface area (Å²) < 4.78 is 27.5. The zero-order valence-corrected chi connectivity index (χ0v) is 23.8. The summed E-state index contributed by atoms with van der Waals surface area (Å²) in [5.74, 6) is -0.730. The number of piperazine rings is 1. The summed E-state index contributed by atoms with van der Waals surface area (Å²) >= 11 is 0. The van der Waals surface area contributed by atoms with E-state index in [2.05, 4.69) is 41.0 Å². The Hall–Kier alpha value is -2.58. The number of aryl methyl sites for hydroxylation is 2. The summed E-state index contributed by atoms with van der Waals surface area (Å²) in [6.07, 6.45) is 3.85. The maximum absolute atomic E-state index is 13.8. The number of piperidine rings is 1. The Labute approximate surface area is 223 Å². The topological polar surface area (TPSA) is 87.0 Å². The molecule has 0 bridgehead atoms. The molecule has 1 amide bonds. The van der Waals surface area contributed by atoms with Crippen molar-refractivity contribution in [1.29, 1.82) is 0 Å². The lowest BCUT2D eigenvalue weighted by atomic mass is 9.94. The molecule has 0 radical (unpaired) electrons. The molecule has 37 heavy (non-hydrogen) atoms. The molecule has 2 aliphatic rings. The van der Waals surface area contributed by atoms with Crippen LogP contribution in [0.1, 0.15) is 57.6 Å². The van der Waals surface area contributed by atoms with Gasteiger partial charge in [0.2, 0.25) is 15.9 Å². The first-order valence-corrected chi connectivity index (χ1v) is 15.2. The Morgan fingerprint density at radius 3 is 1.81 bits per heavy atom. The molecule has 2 heterocycles. The molecule has 204 valence electrons. The van der Waals surface area contributed by atoms with Gasteiger partial charge in [0, 0.05) is 50.6 Å². The summed E-state index contributed by atoms with van der Waals surface area (Å²) in [7, 11) is -3.88. The minimum atomic E-state index is -3.88. The number of nitrogens with zero attached hydrogens (tertiary/aromatic N) is 3. The number of nitrogens with two attached hydrogens (primary N) is 1. The lowest BCUT2D eigenvalue weighted by Crippen LogP contribution is -2.63. The van der Waals surface area contributed by atoms with Crippen molar-refractivity contribution in [3.8, 4) is 0 Å². The largest absolute Gasteiger partial charge is 0.371 e. The highest BCUT2D eigenvalue weighted by Crippen LogP contribution is 2.35. The minimum absolute atomic E-state index is 0.206. The molecule has 0 spiro atoms. The second-order valence-corrected chi connectivity index (χ2v) is 12.1. The molecule has 2 aromatic rings. The van der Waals surface area contributed by atoms with Gasteiger partial charge in [-0.15, -0.1) is 0 Å². The van der Waals surface area contributed by atoms with Gasteiger partial charge in [-0.1, -0.05) is 57.0 Å². The van der Waals surface area contributed by atoms with Gasteiger partial charge in [-0.3, -0.25) is 4.79 Å². The van der Waals surface area contributed by atoms with Crippen molar-refractivity contribution in [2.75, 3.05) is 49.1 Å². The van der Waals surface area contributed by atoms with Crippen molar-refractivity contribution in [1.82, 2.24) is 4.31 Å². The molecule has 0 atom stereocenters. The molecule has 2 N–H and O–H groups in total. The van der Waals surface area contributed by atoms with E-state index in [1.807, 2.05) is 45.0 Å². The number of carbonyl (C=O) groups is 1. The van der Waals surface area contributed by atoms with Crippen LogP contribution in [0.5, 0.6) is 0 Å². The fourth-order valence-electron chi connectivity index (χ4n) is 5.20. The van der Waals surface area contributed by atoms with Crippen LogP contribution in [0.25, 0.3) is 0 Å². The Kier molecular flexibility index (Phi) is 10.0. The van der Waals surface area contributed by atoms with Crippen LogP contribution in [0.4, 0.5) is 11.4 Å². The number of amides is 1. The van der Waals surface area contributed by atoms with Crippen LogP contribution in [-0.4, -0.2) is 62.6 Å². The third kappa shape index (κ3) is 6.29. The fraction of sp³-hybridized carbons (Fsp3) is 0.552. The molecule has 0 unspecified atom stereocenters. The number of rotatable bonds is 8. The summed E-state index contributed by atoms with van der Waals surface area (Å²) in [6, 6.07) is 16.7. The average molecular weight is 529 g/mol. The zero-order chi connectivity index (χ0) is 27.1. The molecule has 2 aromatic carbocycles. The lowest BCUT2D eigenvalue weighted by Gasteiger charge is -2.44. The maximum Gasteiger partial charge on any atom is 0.240 e. The van der Waals surface area contributed by atoms with Crippen LogP contribution in [-0.2, 0) is 21.2 Å². The first-order chi connectivity index (χ1) is 17.8. The quantitative estimate of drug-likeness (QED) is 0.551. The van der Waals surface area contributed by atoms with E-state index < -0.39 is 20.7 Å². The van der Waals surface area contributed by atoms with Crippen LogP contribution in [0.15, 0.2) is 48.5 Å². The Bertz CT molecular complexity index is 1100. The van der Waals surface area contributed by atoms with E-state index in [0.717, 1.165) is 17.8 Å². The van der Waals surface area contributed by atoms with Gasteiger partial charge in [-0.05, 0) is 62.4 Å². The number of anilines is 2. The van der Waals surface area contributed by atoms with Crippen LogP contribution in [0.2, 0.25) is 0 Å². The van der Waals surface area contributed by atoms with Gasteiger partial charge in [0.25, 0.3) is 0 Å². The van der Waals surface area contributed by atoms with Crippen molar-refractivity contribution in [2.24, 2.45) is 5.73 Å². The molecule has 2 aliphatic heterocycles. The van der Waals surface area contributed by atoms with Gasteiger partial charge in [0.15, 0.2) is 4.75 Å².